The third-order valence-electron chi connectivity index (χ3n) is 2.00. The van der Waals surface area contributed by atoms with Crippen LogP contribution in [0.25, 0.3) is 0 Å². The molecule has 13 heavy (non-hydrogen) atoms. The van der Waals surface area contributed by atoms with Gasteiger partial charge in [0, 0.05) is 32.8 Å². The van der Waals surface area contributed by atoms with Gasteiger partial charge in [-0.25, -0.2) is 0 Å². The number of hydrogen-bond acceptors (Lipinski definition) is 3. The lowest BCUT2D eigenvalue weighted by Gasteiger charge is -2.12. The Bertz CT molecular complexity index is 173. The topological polar surface area (TPSA) is 28.0 Å². The van der Waals surface area contributed by atoms with Gasteiger partial charge in [-0.2, -0.15) is 0 Å². The Balaban J connectivity index is 3.80. The second-order valence-electron chi connectivity index (χ2n) is 2.99. The van der Waals surface area contributed by atoms with Crippen molar-refractivity contribution in [1.82, 2.24) is 4.90 Å². The molecule has 0 aliphatic heterocycles. The van der Waals surface area contributed by atoms with Crippen molar-refractivity contribution in [3.8, 4) is 0 Å². The van der Waals surface area contributed by atoms with Gasteiger partial charge in [0.1, 0.15) is 0 Å². The molecule has 3 nitrogen and oxygen atoms in total. The summed E-state index contributed by atoms with van der Waals surface area (Å²) in [4.78, 5) is 10.6. The second kappa shape index (κ2) is 7.92. The highest BCUT2D eigenvalue weighted by atomic mass is 15.1. The molecule has 0 atom stereocenters. The average molecular weight is 183 g/mol. The Morgan fingerprint density at radius 1 is 1.38 bits per heavy atom. The van der Waals surface area contributed by atoms with Gasteiger partial charge in [-0.05, 0) is 20.5 Å². The fraction of sp³-hybridized carbons (Fsp3) is 0.800. The zero-order valence-corrected chi connectivity index (χ0v) is 9.25. The van der Waals surface area contributed by atoms with Gasteiger partial charge in [0.15, 0.2) is 0 Å². The molecule has 76 valence electrons. The van der Waals surface area contributed by atoms with Crippen molar-refractivity contribution in [2.45, 2.75) is 20.3 Å². The maximum absolute atomic E-state index is 4.17. The van der Waals surface area contributed by atoms with E-state index < -0.39 is 0 Å². The Morgan fingerprint density at radius 2 is 2.08 bits per heavy atom. The zero-order valence-electron chi connectivity index (χ0n) is 9.25. The molecule has 0 aromatic heterocycles. The van der Waals surface area contributed by atoms with Gasteiger partial charge in [0.05, 0.1) is 5.71 Å². The van der Waals surface area contributed by atoms with Gasteiger partial charge >= 0.3 is 0 Å². The van der Waals surface area contributed by atoms with E-state index in [1.165, 1.54) is 0 Å². The highest BCUT2D eigenvalue weighted by Crippen LogP contribution is 1.89. The van der Waals surface area contributed by atoms with Gasteiger partial charge < -0.3 is 4.90 Å². The lowest BCUT2D eigenvalue weighted by molar-refractivity contribution is 0.364. The van der Waals surface area contributed by atoms with Crippen LogP contribution in [-0.2, 0) is 0 Å². The predicted octanol–water partition coefficient (Wildman–Crippen LogP) is 1.49. The molecule has 0 aliphatic carbocycles. The summed E-state index contributed by atoms with van der Waals surface area (Å²) in [7, 11) is 3.94. The Hall–Kier alpha value is -0.700. The van der Waals surface area contributed by atoms with Crippen molar-refractivity contribution < 1.29 is 0 Å². The number of rotatable bonds is 6. The number of nitrogens with zero attached hydrogens (tertiary/aromatic N) is 3. The van der Waals surface area contributed by atoms with E-state index in [1.807, 2.05) is 20.2 Å². The van der Waals surface area contributed by atoms with Crippen molar-refractivity contribution in [3.05, 3.63) is 0 Å². The molecule has 3 heteroatoms. The van der Waals surface area contributed by atoms with Crippen LogP contribution in [0.5, 0.6) is 0 Å². The zero-order chi connectivity index (χ0) is 10.1. The van der Waals surface area contributed by atoms with Crippen LogP contribution >= 0.6 is 0 Å². The van der Waals surface area contributed by atoms with Crippen LogP contribution in [0.2, 0.25) is 0 Å². The van der Waals surface area contributed by atoms with Crippen LogP contribution in [-0.4, -0.2) is 50.6 Å². The molecule has 0 aromatic carbocycles. The summed E-state index contributed by atoms with van der Waals surface area (Å²) in [6, 6.07) is 0. The molecule has 0 saturated carbocycles. The molecule has 0 radical (unpaired) electrons. The molecule has 0 saturated heterocycles. The molecule has 0 N–H and O–H groups in total. The highest BCUT2D eigenvalue weighted by Gasteiger charge is 1.97. The monoisotopic (exact) mass is 183 g/mol. The first kappa shape index (κ1) is 12.3. The minimum atomic E-state index is 0.836. The Kier molecular flexibility index (Phi) is 7.50. The summed E-state index contributed by atoms with van der Waals surface area (Å²) in [5.41, 5.74) is 1.09. The Morgan fingerprint density at radius 3 is 2.54 bits per heavy atom. The van der Waals surface area contributed by atoms with Crippen molar-refractivity contribution >= 4 is 11.9 Å². The van der Waals surface area contributed by atoms with Crippen LogP contribution in [0.15, 0.2) is 9.98 Å². The summed E-state index contributed by atoms with van der Waals surface area (Å²) < 4.78 is 0. The van der Waals surface area contributed by atoms with Crippen molar-refractivity contribution in [3.63, 3.8) is 0 Å². The van der Waals surface area contributed by atoms with Gasteiger partial charge in [-0.3, -0.25) is 9.98 Å². The van der Waals surface area contributed by atoms with Gasteiger partial charge in [-0.15, -0.1) is 0 Å². The van der Waals surface area contributed by atoms with Crippen LogP contribution in [0.4, 0.5) is 0 Å². The normalized spacial score (nSPS) is 13.2. The smallest absolute Gasteiger partial charge is 0.0535 e. The van der Waals surface area contributed by atoms with Gasteiger partial charge in [-0.1, -0.05) is 6.92 Å². The quantitative estimate of drug-likeness (QED) is 0.573. The molecular formula is C10H21N3. The van der Waals surface area contributed by atoms with Crippen molar-refractivity contribution in [1.29, 1.82) is 0 Å². The maximum atomic E-state index is 4.17. The summed E-state index contributed by atoms with van der Waals surface area (Å²) >= 11 is 0. The summed E-state index contributed by atoms with van der Waals surface area (Å²) in [6.07, 6.45) is 2.87. The second-order valence-corrected chi connectivity index (χ2v) is 2.99. The van der Waals surface area contributed by atoms with E-state index in [9.17, 15) is 0 Å². The first-order valence-corrected chi connectivity index (χ1v) is 4.88. The van der Waals surface area contributed by atoms with E-state index in [0.29, 0.717) is 0 Å². The molecule has 0 fully saturated rings. The molecule has 0 bridgehead atoms. The molecule has 0 amide bonds. The standard InChI is InChI=1S/C10H21N3/c1-5-12-9-10(11-3)7-8-13(4)6-2/h9H,5-8H2,1-4H3. The number of hydrogen-bond donors (Lipinski definition) is 0. The molecule has 0 aliphatic rings. The minimum Gasteiger partial charge on any atom is -0.306 e. The van der Waals surface area contributed by atoms with E-state index in [0.717, 1.165) is 31.8 Å². The Labute approximate surface area is 81.6 Å². The van der Waals surface area contributed by atoms with Crippen molar-refractivity contribution in [2.75, 3.05) is 33.7 Å². The SMILES string of the molecule is CCN=CC(CCN(C)CC)=NC. The molecule has 0 unspecified atom stereocenters. The lowest BCUT2D eigenvalue weighted by atomic mass is 10.2. The molecular weight excluding hydrogens is 162 g/mol. The van der Waals surface area contributed by atoms with E-state index in [4.69, 9.17) is 0 Å². The fourth-order valence-corrected chi connectivity index (χ4v) is 0.894. The molecule has 0 rings (SSSR count). The summed E-state index contributed by atoms with van der Waals surface area (Å²) in [6.45, 7) is 7.16. The predicted molar refractivity (Wildman–Crippen MR) is 60.2 cm³/mol. The van der Waals surface area contributed by atoms with Crippen LogP contribution in [0, 0.1) is 0 Å². The van der Waals surface area contributed by atoms with Crippen LogP contribution in [0.1, 0.15) is 20.3 Å². The molecule has 0 heterocycles. The minimum absolute atomic E-state index is 0.836. The van der Waals surface area contributed by atoms with E-state index in [2.05, 4.69) is 28.9 Å². The van der Waals surface area contributed by atoms with E-state index in [1.54, 1.807) is 0 Å². The molecule has 0 spiro atoms. The first-order valence-electron chi connectivity index (χ1n) is 4.88. The maximum Gasteiger partial charge on any atom is 0.0535 e. The van der Waals surface area contributed by atoms with Gasteiger partial charge in [0.2, 0.25) is 0 Å². The number of aliphatic imine (C=N–C) groups is 2. The van der Waals surface area contributed by atoms with Gasteiger partial charge in [0.25, 0.3) is 0 Å². The van der Waals surface area contributed by atoms with Crippen LogP contribution in [0.3, 0.4) is 0 Å². The highest BCUT2D eigenvalue weighted by molar-refractivity contribution is 6.30. The summed E-state index contributed by atoms with van der Waals surface area (Å²) in [5.74, 6) is 0. The molecule has 0 aromatic rings. The average Bonchev–Trinajstić information content (AvgIpc) is 2.17. The fourth-order valence-electron chi connectivity index (χ4n) is 0.894. The van der Waals surface area contributed by atoms with Crippen LogP contribution < -0.4 is 0 Å². The summed E-state index contributed by atoms with van der Waals surface area (Å²) in [5, 5.41) is 0. The third kappa shape index (κ3) is 6.46. The van der Waals surface area contributed by atoms with E-state index in [-0.39, 0.29) is 0 Å². The largest absolute Gasteiger partial charge is 0.306 e. The first-order chi connectivity index (χ1) is 6.24. The lowest BCUT2D eigenvalue weighted by Crippen LogP contribution is -2.21. The van der Waals surface area contributed by atoms with E-state index >= 15 is 0 Å². The third-order valence-corrected chi connectivity index (χ3v) is 2.00. The van der Waals surface area contributed by atoms with Crippen molar-refractivity contribution in [2.24, 2.45) is 9.98 Å².